The Labute approximate surface area is 129 Å². The summed E-state index contributed by atoms with van der Waals surface area (Å²) in [5.74, 6) is 0.451. The Morgan fingerprint density at radius 2 is 1.73 bits per heavy atom. The first-order chi connectivity index (χ1) is 10.5. The number of carbonyl (C=O) groups is 1. The maximum Gasteiger partial charge on any atom is 0.335 e. The normalized spacial score (nSPS) is 10.5. The van der Waals surface area contributed by atoms with Crippen LogP contribution in [0.25, 0.3) is 0 Å². The minimum Gasteiger partial charge on any atom is -0.491 e. The third kappa shape index (κ3) is 4.23. The van der Waals surface area contributed by atoms with Gasteiger partial charge in [0.25, 0.3) is 0 Å². The van der Waals surface area contributed by atoms with Gasteiger partial charge in [0, 0.05) is 12.6 Å². The number of nitrogens with two attached hydrogens (primary N) is 1. The van der Waals surface area contributed by atoms with Crippen molar-refractivity contribution in [2.45, 2.75) is 26.5 Å². The van der Waals surface area contributed by atoms with Gasteiger partial charge in [-0.05, 0) is 43.7 Å². The highest BCUT2D eigenvalue weighted by molar-refractivity contribution is 5.88. The van der Waals surface area contributed by atoms with Gasteiger partial charge in [-0.3, -0.25) is 0 Å². The molecule has 0 aliphatic carbocycles. The molecule has 0 aliphatic rings. The van der Waals surface area contributed by atoms with E-state index in [9.17, 15) is 9.90 Å². The molecule has 22 heavy (non-hydrogen) atoms. The van der Waals surface area contributed by atoms with Crippen molar-refractivity contribution >= 4 is 5.97 Å². The fraction of sp³-hybridized carbons (Fsp3) is 0.235. The van der Waals surface area contributed by atoms with E-state index in [1.807, 2.05) is 26.0 Å². The number of carboxylic acid groups (broad SMARTS) is 1. The predicted molar refractivity (Wildman–Crippen MR) is 83.6 cm³/mol. The molecule has 0 unspecified atom stereocenters. The fourth-order valence-electron chi connectivity index (χ4n) is 1.92. The number of benzene rings is 2. The van der Waals surface area contributed by atoms with Crippen molar-refractivity contribution in [3.63, 3.8) is 0 Å². The van der Waals surface area contributed by atoms with Crippen LogP contribution in [0.5, 0.6) is 17.2 Å². The van der Waals surface area contributed by atoms with Crippen LogP contribution in [0.15, 0.2) is 42.5 Å². The van der Waals surface area contributed by atoms with E-state index < -0.39 is 5.97 Å². The largest absolute Gasteiger partial charge is 0.491 e. The van der Waals surface area contributed by atoms with Gasteiger partial charge < -0.3 is 20.3 Å². The maximum absolute atomic E-state index is 11.2. The molecule has 0 atom stereocenters. The molecule has 0 aliphatic heterocycles. The lowest BCUT2D eigenvalue weighted by molar-refractivity contribution is 0.0695. The molecule has 2 aromatic carbocycles. The summed E-state index contributed by atoms with van der Waals surface area (Å²) >= 11 is 0. The van der Waals surface area contributed by atoms with Crippen LogP contribution in [0.2, 0.25) is 0 Å². The summed E-state index contributed by atoms with van der Waals surface area (Å²) in [6.45, 7) is 4.21. The Bertz CT molecular complexity index is 650. The molecule has 0 saturated heterocycles. The molecule has 0 bridgehead atoms. The summed E-state index contributed by atoms with van der Waals surface area (Å²) in [5, 5.41) is 9.18. The summed E-state index contributed by atoms with van der Waals surface area (Å²) < 4.78 is 11.3. The lowest BCUT2D eigenvalue weighted by Gasteiger charge is -2.13. The van der Waals surface area contributed by atoms with E-state index in [2.05, 4.69) is 0 Å². The minimum absolute atomic E-state index is 0.0549. The van der Waals surface area contributed by atoms with Crippen molar-refractivity contribution in [2.24, 2.45) is 5.73 Å². The average molecular weight is 301 g/mol. The zero-order chi connectivity index (χ0) is 16.1. The Morgan fingerprint density at radius 3 is 2.27 bits per heavy atom. The molecule has 0 aromatic heterocycles. The van der Waals surface area contributed by atoms with E-state index in [4.69, 9.17) is 15.2 Å². The minimum atomic E-state index is -1.03. The second-order valence-corrected chi connectivity index (χ2v) is 5.11. The molecule has 0 fully saturated rings. The average Bonchev–Trinajstić information content (AvgIpc) is 2.47. The van der Waals surface area contributed by atoms with Gasteiger partial charge in [-0.25, -0.2) is 4.79 Å². The predicted octanol–water partition coefficient (Wildman–Crippen LogP) is 3.42. The van der Waals surface area contributed by atoms with Gasteiger partial charge in [0.05, 0.1) is 11.7 Å². The summed E-state index contributed by atoms with van der Waals surface area (Å²) in [6, 6.07) is 11.9. The third-order valence-corrected chi connectivity index (χ3v) is 2.89. The summed E-state index contributed by atoms with van der Waals surface area (Å²) in [6.07, 6.45) is -0.0549. The van der Waals surface area contributed by atoms with E-state index in [1.54, 1.807) is 18.2 Å². The smallest absolute Gasteiger partial charge is 0.335 e. The first-order valence-electron chi connectivity index (χ1n) is 7.00. The molecule has 0 amide bonds. The van der Waals surface area contributed by atoms with Crippen molar-refractivity contribution in [2.75, 3.05) is 0 Å². The molecule has 5 heteroatoms. The number of hydrogen-bond acceptors (Lipinski definition) is 4. The second-order valence-electron chi connectivity index (χ2n) is 5.11. The molecule has 2 aromatic rings. The fourth-order valence-corrected chi connectivity index (χ4v) is 1.92. The maximum atomic E-state index is 11.2. The van der Waals surface area contributed by atoms with Gasteiger partial charge in [-0.15, -0.1) is 0 Å². The van der Waals surface area contributed by atoms with Crippen LogP contribution in [0.3, 0.4) is 0 Å². The van der Waals surface area contributed by atoms with Crippen LogP contribution in [-0.4, -0.2) is 17.2 Å². The zero-order valence-electron chi connectivity index (χ0n) is 12.6. The van der Waals surface area contributed by atoms with E-state index >= 15 is 0 Å². The highest BCUT2D eigenvalue weighted by Gasteiger charge is 2.10. The number of hydrogen-bond donors (Lipinski definition) is 2. The highest BCUT2D eigenvalue weighted by Crippen LogP contribution is 2.28. The van der Waals surface area contributed by atoms with Gasteiger partial charge in [-0.1, -0.05) is 12.1 Å². The van der Waals surface area contributed by atoms with E-state index in [0.29, 0.717) is 23.8 Å². The van der Waals surface area contributed by atoms with Crippen molar-refractivity contribution in [1.29, 1.82) is 0 Å². The Balaban J connectivity index is 2.27. The topological polar surface area (TPSA) is 81.8 Å². The van der Waals surface area contributed by atoms with Gasteiger partial charge >= 0.3 is 5.97 Å². The lowest BCUT2D eigenvalue weighted by Crippen LogP contribution is -2.07. The summed E-state index contributed by atoms with van der Waals surface area (Å²) in [4.78, 5) is 11.2. The third-order valence-electron chi connectivity index (χ3n) is 2.89. The van der Waals surface area contributed by atoms with Crippen LogP contribution >= 0.6 is 0 Å². The van der Waals surface area contributed by atoms with Crippen molar-refractivity contribution in [3.8, 4) is 17.2 Å². The number of rotatable bonds is 6. The number of ether oxygens (including phenoxy) is 2. The molecule has 2 rings (SSSR count). The summed E-state index contributed by atoms with van der Waals surface area (Å²) in [7, 11) is 0. The molecular weight excluding hydrogens is 282 g/mol. The van der Waals surface area contributed by atoms with Gasteiger partial charge in [0.1, 0.15) is 17.2 Å². The van der Waals surface area contributed by atoms with Crippen LogP contribution in [-0.2, 0) is 6.54 Å². The van der Waals surface area contributed by atoms with Crippen LogP contribution in [0.4, 0.5) is 0 Å². The molecule has 116 valence electrons. The van der Waals surface area contributed by atoms with Gasteiger partial charge in [-0.2, -0.15) is 0 Å². The van der Waals surface area contributed by atoms with E-state index in [-0.39, 0.29) is 11.7 Å². The Kier molecular flexibility index (Phi) is 5.01. The molecular formula is C17H19NO4. The number of aromatic carboxylic acids is 1. The molecule has 0 heterocycles. The van der Waals surface area contributed by atoms with E-state index in [1.165, 1.54) is 12.1 Å². The van der Waals surface area contributed by atoms with Crippen LogP contribution < -0.4 is 15.2 Å². The van der Waals surface area contributed by atoms with Crippen molar-refractivity contribution in [3.05, 3.63) is 53.6 Å². The second kappa shape index (κ2) is 6.95. The van der Waals surface area contributed by atoms with Crippen LogP contribution in [0, 0.1) is 0 Å². The number of carboxylic acids is 1. The van der Waals surface area contributed by atoms with Gasteiger partial charge in [0.2, 0.25) is 0 Å². The molecule has 0 saturated carbocycles. The quantitative estimate of drug-likeness (QED) is 0.854. The first kappa shape index (κ1) is 15.9. The highest BCUT2D eigenvalue weighted by atomic mass is 16.5. The SMILES string of the molecule is CC(C)Oc1cc(Oc2ccc(CN)cc2)cc(C(=O)O)c1. The van der Waals surface area contributed by atoms with Crippen LogP contribution in [0.1, 0.15) is 29.8 Å². The molecule has 0 spiro atoms. The van der Waals surface area contributed by atoms with Crippen molar-refractivity contribution < 1.29 is 19.4 Å². The molecule has 3 N–H and O–H groups in total. The summed E-state index contributed by atoms with van der Waals surface area (Å²) in [5.41, 5.74) is 6.66. The lowest BCUT2D eigenvalue weighted by atomic mass is 10.2. The zero-order valence-corrected chi connectivity index (χ0v) is 12.6. The van der Waals surface area contributed by atoms with Gasteiger partial charge in [0.15, 0.2) is 0 Å². The first-order valence-corrected chi connectivity index (χ1v) is 7.00. The Hall–Kier alpha value is -2.53. The van der Waals surface area contributed by atoms with Crippen molar-refractivity contribution in [1.82, 2.24) is 0 Å². The Morgan fingerprint density at radius 1 is 1.09 bits per heavy atom. The molecule has 0 radical (unpaired) electrons. The monoisotopic (exact) mass is 301 g/mol. The standard InChI is InChI=1S/C17H19NO4/c1-11(2)21-15-7-13(17(19)20)8-16(9-15)22-14-5-3-12(10-18)4-6-14/h3-9,11H,10,18H2,1-2H3,(H,19,20). The molecule has 5 nitrogen and oxygen atoms in total. The van der Waals surface area contributed by atoms with E-state index in [0.717, 1.165) is 5.56 Å².